The Kier molecular flexibility index (Phi) is 4.24. The summed E-state index contributed by atoms with van der Waals surface area (Å²) in [7, 11) is -2.46. The first-order valence-electron chi connectivity index (χ1n) is 5.82. The van der Waals surface area contributed by atoms with Gasteiger partial charge in [-0.05, 0) is 24.3 Å². The molecule has 0 saturated carbocycles. The molecule has 0 aliphatic carbocycles. The van der Waals surface area contributed by atoms with Crippen molar-refractivity contribution in [2.24, 2.45) is 0 Å². The fraction of sp³-hybridized carbons (Fsp3) is 0.167. The highest BCUT2D eigenvalue weighted by atomic mass is 32.2. The topological polar surface area (TPSA) is 121 Å². The Morgan fingerprint density at radius 3 is 2.67 bits per heavy atom. The van der Waals surface area contributed by atoms with E-state index in [0.717, 1.165) is 6.07 Å². The summed E-state index contributed by atoms with van der Waals surface area (Å²) >= 11 is 0. The Morgan fingerprint density at radius 2 is 2.10 bits per heavy atom. The summed E-state index contributed by atoms with van der Waals surface area (Å²) in [6.45, 7) is -0.358. The quantitative estimate of drug-likeness (QED) is 0.718. The van der Waals surface area contributed by atoms with E-state index in [-0.39, 0.29) is 17.3 Å². The zero-order chi connectivity index (χ0) is 15.5. The lowest BCUT2D eigenvalue weighted by Gasteiger charge is -2.10. The van der Waals surface area contributed by atoms with Crippen LogP contribution in [0, 0.1) is 0 Å². The highest BCUT2D eigenvalue weighted by Crippen LogP contribution is 2.23. The fourth-order valence-corrected chi connectivity index (χ4v) is 2.70. The molecule has 1 aromatic carbocycles. The maximum Gasteiger partial charge on any atom is 0.264 e. The number of H-pyrrole nitrogens is 1. The summed E-state index contributed by atoms with van der Waals surface area (Å²) in [5.74, 6) is 0.370. The fourth-order valence-electron chi connectivity index (χ4n) is 1.64. The van der Waals surface area contributed by atoms with Crippen molar-refractivity contribution in [2.45, 2.75) is 11.5 Å². The van der Waals surface area contributed by atoms with Crippen molar-refractivity contribution in [1.82, 2.24) is 10.2 Å². The van der Waals surface area contributed by atoms with Crippen LogP contribution in [0.1, 0.15) is 5.56 Å². The van der Waals surface area contributed by atoms with Gasteiger partial charge in [0, 0.05) is 11.6 Å². The summed E-state index contributed by atoms with van der Waals surface area (Å²) in [6.07, 6.45) is 0. The molecule has 2 rings (SSSR count). The van der Waals surface area contributed by atoms with Gasteiger partial charge in [-0.15, -0.1) is 0 Å². The molecule has 2 aromatic rings. The third kappa shape index (κ3) is 3.38. The summed E-state index contributed by atoms with van der Waals surface area (Å²) in [4.78, 5) is 10.8. The predicted octanol–water partition coefficient (Wildman–Crippen LogP) is 0.0716. The second-order valence-electron chi connectivity index (χ2n) is 4.04. The first-order valence-corrected chi connectivity index (χ1v) is 7.31. The monoisotopic (exact) mass is 311 g/mol. The number of aliphatic hydroxyl groups excluding tert-OH is 1. The second-order valence-corrected chi connectivity index (χ2v) is 5.73. The van der Waals surface area contributed by atoms with E-state index >= 15 is 0 Å². The maximum absolute atomic E-state index is 12.2. The standard InChI is InChI=1S/C12H13N3O5S/c1-20-10-3-2-9(6-8(10)7-16)21(18,19)15-11-4-5-12(17)14-13-11/h2-6,16H,7H2,1H3,(H,13,15)(H,14,17). The Labute approximate surface area is 120 Å². The van der Waals surface area contributed by atoms with Crippen LogP contribution in [0.5, 0.6) is 5.75 Å². The molecule has 0 fully saturated rings. The number of rotatable bonds is 5. The molecule has 1 aromatic heterocycles. The van der Waals surface area contributed by atoms with Gasteiger partial charge in [-0.2, -0.15) is 5.10 Å². The predicted molar refractivity (Wildman–Crippen MR) is 74.6 cm³/mol. The molecule has 1 heterocycles. The van der Waals surface area contributed by atoms with Crippen molar-refractivity contribution in [1.29, 1.82) is 0 Å². The van der Waals surface area contributed by atoms with Gasteiger partial charge in [-0.25, -0.2) is 13.5 Å². The number of aliphatic hydroxyl groups is 1. The number of anilines is 1. The zero-order valence-electron chi connectivity index (χ0n) is 11.0. The summed E-state index contributed by atoms with van der Waals surface area (Å²) in [6, 6.07) is 6.48. The van der Waals surface area contributed by atoms with Gasteiger partial charge < -0.3 is 9.84 Å². The van der Waals surface area contributed by atoms with E-state index in [1.807, 2.05) is 0 Å². The number of aromatic amines is 1. The molecule has 0 bridgehead atoms. The number of nitrogens with zero attached hydrogens (tertiary/aromatic N) is 1. The SMILES string of the molecule is COc1ccc(S(=O)(=O)Nc2ccc(=O)[nH]n2)cc1CO. The highest BCUT2D eigenvalue weighted by molar-refractivity contribution is 7.92. The van der Waals surface area contributed by atoms with Gasteiger partial charge in [0.15, 0.2) is 5.82 Å². The molecule has 8 nitrogen and oxygen atoms in total. The number of ether oxygens (including phenoxy) is 1. The van der Waals surface area contributed by atoms with Crippen LogP contribution in [-0.2, 0) is 16.6 Å². The van der Waals surface area contributed by atoms with Crippen molar-refractivity contribution in [3.05, 3.63) is 46.2 Å². The van der Waals surface area contributed by atoms with Crippen molar-refractivity contribution in [3.8, 4) is 5.75 Å². The molecule has 0 radical (unpaired) electrons. The van der Waals surface area contributed by atoms with Crippen LogP contribution in [0.15, 0.2) is 40.0 Å². The second kappa shape index (κ2) is 5.94. The minimum Gasteiger partial charge on any atom is -0.496 e. The molecule has 3 N–H and O–H groups in total. The Bertz CT molecular complexity index is 780. The Balaban J connectivity index is 2.35. The number of sulfonamides is 1. The molecule has 0 saturated heterocycles. The first kappa shape index (κ1) is 15.0. The first-order chi connectivity index (χ1) is 9.96. The molecule has 0 aliphatic rings. The van der Waals surface area contributed by atoms with Crippen LogP contribution in [0.4, 0.5) is 5.82 Å². The number of methoxy groups -OCH3 is 1. The van der Waals surface area contributed by atoms with Crippen molar-refractivity contribution in [3.63, 3.8) is 0 Å². The van der Waals surface area contributed by atoms with Crippen LogP contribution in [0.25, 0.3) is 0 Å². The number of hydrogen-bond acceptors (Lipinski definition) is 6. The number of nitrogens with one attached hydrogen (secondary N) is 2. The summed E-state index contributed by atoms with van der Waals surface area (Å²) < 4.78 is 31.6. The van der Waals surface area contributed by atoms with E-state index in [1.54, 1.807) is 0 Å². The maximum atomic E-state index is 12.2. The molecular weight excluding hydrogens is 298 g/mol. The molecule has 112 valence electrons. The van der Waals surface area contributed by atoms with Crippen molar-refractivity contribution >= 4 is 15.8 Å². The van der Waals surface area contributed by atoms with Crippen LogP contribution < -0.4 is 15.0 Å². The van der Waals surface area contributed by atoms with E-state index in [4.69, 9.17) is 4.74 Å². The lowest BCUT2D eigenvalue weighted by molar-refractivity contribution is 0.273. The molecule has 0 amide bonds. The van der Waals surface area contributed by atoms with Gasteiger partial charge in [0.05, 0.1) is 18.6 Å². The summed E-state index contributed by atoms with van der Waals surface area (Å²) in [5.41, 5.74) is -0.0974. The van der Waals surface area contributed by atoms with Crippen LogP contribution in [0.2, 0.25) is 0 Å². The molecule has 9 heteroatoms. The lowest BCUT2D eigenvalue weighted by Crippen LogP contribution is -2.16. The van der Waals surface area contributed by atoms with Gasteiger partial charge >= 0.3 is 0 Å². The van der Waals surface area contributed by atoms with E-state index in [9.17, 15) is 18.3 Å². The van der Waals surface area contributed by atoms with Gasteiger partial charge in [0.1, 0.15) is 5.75 Å². The minimum atomic E-state index is -3.88. The molecule has 0 atom stereocenters. The third-order valence-electron chi connectivity index (χ3n) is 2.65. The normalized spacial score (nSPS) is 11.1. The summed E-state index contributed by atoms with van der Waals surface area (Å²) in [5, 5.41) is 14.9. The molecule has 0 aliphatic heterocycles. The third-order valence-corrected chi connectivity index (χ3v) is 4.00. The largest absolute Gasteiger partial charge is 0.496 e. The average molecular weight is 311 g/mol. The van der Waals surface area contributed by atoms with Crippen LogP contribution >= 0.6 is 0 Å². The Morgan fingerprint density at radius 1 is 1.33 bits per heavy atom. The Hall–Kier alpha value is -2.39. The van der Waals surface area contributed by atoms with Crippen molar-refractivity contribution < 1.29 is 18.3 Å². The molecule has 21 heavy (non-hydrogen) atoms. The van der Waals surface area contributed by atoms with Gasteiger partial charge in [-0.1, -0.05) is 0 Å². The number of benzene rings is 1. The van der Waals surface area contributed by atoms with Gasteiger partial charge in [-0.3, -0.25) is 9.52 Å². The van der Waals surface area contributed by atoms with E-state index in [0.29, 0.717) is 11.3 Å². The number of aromatic nitrogens is 2. The highest BCUT2D eigenvalue weighted by Gasteiger charge is 2.17. The minimum absolute atomic E-state index is 0.0176. The van der Waals surface area contributed by atoms with Gasteiger partial charge in [0.2, 0.25) is 0 Å². The van der Waals surface area contributed by atoms with Crippen LogP contribution in [-0.4, -0.2) is 30.8 Å². The van der Waals surface area contributed by atoms with E-state index in [2.05, 4.69) is 14.9 Å². The molecule has 0 spiro atoms. The lowest BCUT2D eigenvalue weighted by atomic mass is 10.2. The van der Waals surface area contributed by atoms with E-state index < -0.39 is 15.6 Å². The molecule has 0 unspecified atom stereocenters. The van der Waals surface area contributed by atoms with Crippen molar-refractivity contribution in [2.75, 3.05) is 11.8 Å². The smallest absolute Gasteiger partial charge is 0.264 e. The number of hydrogen-bond donors (Lipinski definition) is 3. The zero-order valence-corrected chi connectivity index (χ0v) is 11.8. The average Bonchev–Trinajstić information content (AvgIpc) is 2.48. The van der Waals surface area contributed by atoms with E-state index in [1.165, 1.54) is 31.4 Å². The molecular formula is C12H13N3O5S. The van der Waals surface area contributed by atoms with Crippen LogP contribution in [0.3, 0.4) is 0 Å². The van der Waals surface area contributed by atoms with Gasteiger partial charge in [0.25, 0.3) is 15.6 Å².